The van der Waals surface area contributed by atoms with Gasteiger partial charge in [-0.1, -0.05) is 6.42 Å². The first-order chi connectivity index (χ1) is 8.63. The first-order valence-corrected chi connectivity index (χ1v) is 6.99. The van der Waals surface area contributed by atoms with Crippen LogP contribution in [0.4, 0.5) is 17.1 Å². The average molecular weight is 245 g/mol. The smallest absolute Gasteiger partial charge is 0.0568 e. The number of anilines is 3. The molecule has 3 heteroatoms. The number of nitrogens with two attached hydrogens (primary N) is 2. The van der Waals surface area contributed by atoms with Crippen LogP contribution in [-0.4, -0.2) is 13.6 Å². The van der Waals surface area contributed by atoms with Gasteiger partial charge in [-0.05, 0) is 55.2 Å². The van der Waals surface area contributed by atoms with Crippen LogP contribution in [0.2, 0.25) is 0 Å². The van der Waals surface area contributed by atoms with Crippen LogP contribution < -0.4 is 16.4 Å². The van der Waals surface area contributed by atoms with Crippen molar-refractivity contribution < 1.29 is 0 Å². The van der Waals surface area contributed by atoms with Gasteiger partial charge >= 0.3 is 0 Å². The van der Waals surface area contributed by atoms with Crippen molar-refractivity contribution in [3.63, 3.8) is 0 Å². The number of rotatable bonds is 3. The van der Waals surface area contributed by atoms with E-state index in [2.05, 4.69) is 18.0 Å². The van der Waals surface area contributed by atoms with Gasteiger partial charge in [0.15, 0.2) is 0 Å². The fourth-order valence-corrected chi connectivity index (χ4v) is 3.86. The van der Waals surface area contributed by atoms with Crippen LogP contribution in [0.3, 0.4) is 0 Å². The lowest BCUT2D eigenvalue weighted by atomic mass is 9.88. The van der Waals surface area contributed by atoms with Gasteiger partial charge in [0.05, 0.1) is 11.4 Å². The predicted octanol–water partition coefficient (Wildman–Crippen LogP) is 2.72. The SMILES string of the molecule is CN(CC1CC2CCC1C2)c1ccc(N)c(N)c1. The Hall–Kier alpha value is -1.38. The van der Waals surface area contributed by atoms with E-state index in [0.717, 1.165) is 24.3 Å². The van der Waals surface area contributed by atoms with E-state index in [1.54, 1.807) is 0 Å². The van der Waals surface area contributed by atoms with E-state index in [1.807, 2.05) is 12.1 Å². The maximum atomic E-state index is 5.88. The molecule has 1 aromatic rings. The van der Waals surface area contributed by atoms with Gasteiger partial charge in [0, 0.05) is 19.3 Å². The van der Waals surface area contributed by atoms with Gasteiger partial charge in [-0.3, -0.25) is 0 Å². The minimum atomic E-state index is 0.673. The minimum absolute atomic E-state index is 0.673. The summed E-state index contributed by atoms with van der Waals surface area (Å²) in [7, 11) is 2.16. The molecule has 98 valence electrons. The molecule has 3 unspecified atom stereocenters. The van der Waals surface area contributed by atoms with Crippen molar-refractivity contribution in [3.05, 3.63) is 18.2 Å². The van der Waals surface area contributed by atoms with Gasteiger partial charge in [0.25, 0.3) is 0 Å². The van der Waals surface area contributed by atoms with Crippen molar-refractivity contribution in [2.24, 2.45) is 17.8 Å². The van der Waals surface area contributed by atoms with E-state index in [1.165, 1.54) is 31.4 Å². The third-order valence-corrected chi connectivity index (χ3v) is 4.90. The first-order valence-electron chi connectivity index (χ1n) is 6.99. The maximum Gasteiger partial charge on any atom is 0.0568 e. The Morgan fingerprint density at radius 2 is 2.00 bits per heavy atom. The Morgan fingerprint density at radius 1 is 1.17 bits per heavy atom. The van der Waals surface area contributed by atoms with Gasteiger partial charge in [0.2, 0.25) is 0 Å². The maximum absolute atomic E-state index is 5.88. The van der Waals surface area contributed by atoms with Crippen LogP contribution in [-0.2, 0) is 0 Å². The normalized spacial score (nSPS) is 29.7. The average Bonchev–Trinajstić information content (AvgIpc) is 2.94. The van der Waals surface area contributed by atoms with Crippen LogP contribution in [0.5, 0.6) is 0 Å². The predicted molar refractivity (Wildman–Crippen MR) is 77.5 cm³/mol. The molecule has 2 fully saturated rings. The van der Waals surface area contributed by atoms with Crippen LogP contribution in [0, 0.1) is 17.8 Å². The van der Waals surface area contributed by atoms with Crippen LogP contribution in [0.25, 0.3) is 0 Å². The standard InChI is InChI=1S/C15H23N3/c1-18(13-4-5-14(16)15(17)8-13)9-12-7-10-2-3-11(12)6-10/h4-5,8,10-12H,2-3,6-7,9,16-17H2,1H3. The highest BCUT2D eigenvalue weighted by Crippen LogP contribution is 2.48. The molecular formula is C15H23N3. The number of hydrogen-bond donors (Lipinski definition) is 2. The minimum Gasteiger partial charge on any atom is -0.397 e. The van der Waals surface area contributed by atoms with Crippen molar-refractivity contribution >= 4 is 17.1 Å². The molecule has 4 N–H and O–H groups in total. The fraction of sp³-hybridized carbons (Fsp3) is 0.600. The summed E-state index contributed by atoms with van der Waals surface area (Å²) in [5, 5.41) is 0. The number of benzene rings is 1. The van der Waals surface area contributed by atoms with Gasteiger partial charge in [-0.2, -0.15) is 0 Å². The van der Waals surface area contributed by atoms with Crippen LogP contribution in [0.1, 0.15) is 25.7 Å². The molecule has 3 rings (SSSR count). The zero-order chi connectivity index (χ0) is 12.7. The Kier molecular flexibility index (Phi) is 2.84. The Labute approximate surface area is 109 Å². The third-order valence-electron chi connectivity index (χ3n) is 4.90. The number of nitrogen functional groups attached to an aromatic ring is 2. The summed E-state index contributed by atoms with van der Waals surface area (Å²) in [4.78, 5) is 2.33. The molecule has 0 aliphatic heterocycles. The lowest BCUT2D eigenvalue weighted by molar-refractivity contribution is 0.337. The first kappa shape index (κ1) is 11.7. The molecule has 2 saturated carbocycles. The molecule has 0 spiro atoms. The third kappa shape index (κ3) is 2.02. The molecule has 0 aromatic heterocycles. The molecule has 0 heterocycles. The summed E-state index contributed by atoms with van der Waals surface area (Å²) in [5.74, 6) is 2.88. The summed E-state index contributed by atoms with van der Waals surface area (Å²) in [6.45, 7) is 1.16. The summed E-state index contributed by atoms with van der Waals surface area (Å²) in [6.07, 6.45) is 5.83. The molecule has 0 saturated heterocycles. The van der Waals surface area contributed by atoms with E-state index >= 15 is 0 Å². The van der Waals surface area contributed by atoms with E-state index in [0.29, 0.717) is 11.4 Å². The Morgan fingerprint density at radius 3 is 2.61 bits per heavy atom. The largest absolute Gasteiger partial charge is 0.397 e. The highest BCUT2D eigenvalue weighted by molar-refractivity contribution is 5.69. The van der Waals surface area contributed by atoms with Crippen LogP contribution >= 0.6 is 0 Å². The molecule has 3 atom stereocenters. The summed E-state index contributed by atoms with van der Waals surface area (Å²) < 4.78 is 0. The lowest BCUT2D eigenvalue weighted by Gasteiger charge is -2.28. The highest BCUT2D eigenvalue weighted by atomic mass is 15.1. The highest BCUT2D eigenvalue weighted by Gasteiger charge is 2.39. The Balaban J connectivity index is 1.67. The number of hydrogen-bond acceptors (Lipinski definition) is 3. The second-order valence-corrected chi connectivity index (χ2v) is 6.13. The van der Waals surface area contributed by atoms with E-state index in [4.69, 9.17) is 11.5 Å². The Bertz CT molecular complexity index is 443. The van der Waals surface area contributed by atoms with Crippen molar-refractivity contribution in [2.45, 2.75) is 25.7 Å². The molecule has 2 aliphatic carbocycles. The van der Waals surface area contributed by atoms with Gasteiger partial charge in [-0.25, -0.2) is 0 Å². The molecule has 0 radical (unpaired) electrons. The second-order valence-electron chi connectivity index (χ2n) is 6.13. The van der Waals surface area contributed by atoms with Gasteiger partial charge < -0.3 is 16.4 Å². The molecule has 18 heavy (non-hydrogen) atoms. The van der Waals surface area contributed by atoms with E-state index in [9.17, 15) is 0 Å². The van der Waals surface area contributed by atoms with Gasteiger partial charge in [-0.15, -0.1) is 0 Å². The zero-order valence-electron chi connectivity index (χ0n) is 11.1. The van der Waals surface area contributed by atoms with Crippen molar-refractivity contribution in [2.75, 3.05) is 30.0 Å². The zero-order valence-corrected chi connectivity index (χ0v) is 11.1. The molecule has 1 aromatic carbocycles. The molecule has 0 amide bonds. The monoisotopic (exact) mass is 245 g/mol. The van der Waals surface area contributed by atoms with Crippen LogP contribution in [0.15, 0.2) is 18.2 Å². The van der Waals surface area contributed by atoms with E-state index in [-0.39, 0.29) is 0 Å². The van der Waals surface area contributed by atoms with Crippen molar-refractivity contribution in [1.82, 2.24) is 0 Å². The molecule has 2 aliphatic rings. The summed E-state index contributed by atoms with van der Waals surface area (Å²) >= 11 is 0. The molecule has 2 bridgehead atoms. The second kappa shape index (κ2) is 4.38. The van der Waals surface area contributed by atoms with Crippen molar-refractivity contribution in [3.8, 4) is 0 Å². The number of fused-ring (bicyclic) bond motifs is 2. The number of nitrogens with zero attached hydrogens (tertiary/aromatic N) is 1. The van der Waals surface area contributed by atoms with Crippen molar-refractivity contribution in [1.29, 1.82) is 0 Å². The van der Waals surface area contributed by atoms with Gasteiger partial charge in [0.1, 0.15) is 0 Å². The summed E-state index contributed by atoms with van der Waals surface area (Å²) in [5.41, 5.74) is 14.2. The topological polar surface area (TPSA) is 55.3 Å². The quantitative estimate of drug-likeness (QED) is 0.805. The fourth-order valence-electron chi connectivity index (χ4n) is 3.86. The van der Waals surface area contributed by atoms with E-state index < -0.39 is 0 Å². The summed E-state index contributed by atoms with van der Waals surface area (Å²) in [6, 6.07) is 5.96. The molecular weight excluding hydrogens is 222 g/mol. The molecule has 3 nitrogen and oxygen atoms in total. The lowest BCUT2D eigenvalue weighted by Crippen LogP contribution is -2.28.